The summed E-state index contributed by atoms with van der Waals surface area (Å²) < 4.78 is 1.94. The third-order valence-corrected chi connectivity index (χ3v) is 1.98. The van der Waals surface area contributed by atoms with Crippen molar-refractivity contribution in [2.24, 2.45) is 10.7 Å². The van der Waals surface area contributed by atoms with Gasteiger partial charge in [-0.2, -0.15) is 0 Å². The standard InChI is InChI=1S/C11H17N5O/c1-9(2)15-10(12)11(17)14-4-3-6-16-7-5-13-8-16/h5,7-8H,1,3-4,6H2,2H3,(H2,12,15)(H,14,17). The van der Waals surface area contributed by atoms with Crippen LogP contribution in [-0.2, 0) is 11.3 Å². The van der Waals surface area contributed by atoms with Gasteiger partial charge in [0.1, 0.15) is 0 Å². The van der Waals surface area contributed by atoms with Gasteiger partial charge in [0, 0.05) is 31.2 Å². The maximum absolute atomic E-state index is 11.4. The number of rotatable bonds is 5. The predicted octanol–water partition coefficient (Wildman–Crippen LogP) is 0.280. The molecule has 1 rings (SSSR count). The number of imidazole rings is 1. The molecule has 92 valence electrons. The molecule has 6 heteroatoms. The van der Waals surface area contributed by atoms with Gasteiger partial charge in [-0.05, 0) is 13.3 Å². The molecular weight excluding hydrogens is 218 g/mol. The molecule has 1 aromatic rings. The minimum absolute atomic E-state index is 0.0554. The number of nitrogens with one attached hydrogen (secondary N) is 1. The van der Waals surface area contributed by atoms with Crippen molar-refractivity contribution in [3.05, 3.63) is 31.0 Å². The second-order valence-corrected chi connectivity index (χ2v) is 3.64. The van der Waals surface area contributed by atoms with E-state index in [0.29, 0.717) is 12.2 Å². The van der Waals surface area contributed by atoms with Gasteiger partial charge >= 0.3 is 0 Å². The van der Waals surface area contributed by atoms with E-state index in [2.05, 4.69) is 21.9 Å². The molecule has 0 bridgehead atoms. The summed E-state index contributed by atoms with van der Waals surface area (Å²) in [7, 11) is 0. The molecule has 0 aliphatic rings. The summed E-state index contributed by atoms with van der Waals surface area (Å²) in [6.45, 7) is 6.58. The number of hydrogen-bond acceptors (Lipinski definition) is 3. The molecule has 3 N–H and O–H groups in total. The van der Waals surface area contributed by atoms with Crippen molar-refractivity contribution < 1.29 is 4.79 Å². The highest BCUT2D eigenvalue weighted by molar-refractivity contribution is 6.37. The van der Waals surface area contributed by atoms with Gasteiger partial charge < -0.3 is 15.6 Å². The molecule has 0 fully saturated rings. The highest BCUT2D eigenvalue weighted by Crippen LogP contribution is 1.90. The molecule has 0 atom stereocenters. The first kappa shape index (κ1) is 13.0. The van der Waals surface area contributed by atoms with E-state index in [1.807, 2.05) is 10.8 Å². The van der Waals surface area contributed by atoms with Crippen LogP contribution in [0.3, 0.4) is 0 Å². The van der Waals surface area contributed by atoms with Crippen molar-refractivity contribution >= 4 is 11.7 Å². The monoisotopic (exact) mass is 235 g/mol. The van der Waals surface area contributed by atoms with Gasteiger partial charge in [-0.3, -0.25) is 4.79 Å². The number of amidine groups is 1. The van der Waals surface area contributed by atoms with Crippen LogP contribution in [0.2, 0.25) is 0 Å². The summed E-state index contributed by atoms with van der Waals surface area (Å²) in [5.74, 6) is -0.418. The maximum atomic E-state index is 11.4. The lowest BCUT2D eigenvalue weighted by atomic mass is 10.4. The van der Waals surface area contributed by atoms with E-state index in [4.69, 9.17) is 5.73 Å². The summed E-state index contributed by atoms with van der Waals surface area (Å²) >= 11 is 0. The van der Waals surface area contributed by atoms with Crippen molar-refractivity contribution in [2.75, 3.05) is 6.54 Å². The summed E-state index contributed by atoms with van der Waals surface area (Å²) in [6.07, 6.45) is 6.13. The van der Waals surface area contributed by atoms with Crippen LogP contribution < -0.4 is 11.1 Å². The topological polar surface area (TPSA) is 85.3 Å². The largest absolute Gasteiger partial charge is 0.379 e. The van der Waals surface area contributed by atoms with Gasteiger partial charge in [0.25, 0.3) is 5.91 Å². The number of hydrogen-bond donors (Lipinski definition) is 2. The Kier molecular flexibility index (Phi) is 4.93. The first-order valence-electron chi connectivity index (χ1n) is 5.33. The molecule has 0 aromatic carbocycles. The van der Waals surface area contributed by atoms with Crippen LogP contribution in [0.1, 0.15) is 13.3 Å². The average molecular weight is 235 g/mol. The summed E-state index contributed by atoms with van der Waals surface area (Å²) in [5.41, 5.74) is 5.97. The third-order valence-electron chi connectivity index (χ3n) is 1.98. The van der Waals surface area contributed by atoms with Crippen LogP contribution in [0.4, 0.5) is 0 Å². The van der Waals surface area contributed by atoms with E-state index in [1.165, 1.54) is 0 Å². The average Bonchev–Trinajstić information content (AvgIpc) is 2.75. The summed E-state index contributed by atoms with van der Waals surface area (Å²) in [5, 5.41) is 2.68. The normalized spacial score (nSPS) is 11.2. The number of carbonyl (C=O) groups is 1. The van der Waals surface area contributed by atoms with E-state index in [9.17, 15) is 4.79 Å². The van der Waals surface area contributed by atoms with Crippen LogP contribution in [0, 0.1) is 0 Å². The van der Waals surface area contributed by atoms with Gasteiger partial charge in [0.05, 0.1) is 6.33 Å². The van der Waals surface area contributed by atoms with E-state index in [1.54, 1.807) is 19.4 Å². The van der Waals surface area contributed by atoms with Crippen LogP contribution in [0.15, 0.2) is 36.0 Å². The number of nitrogens with zero attached hydrogens (tertiary/aromatic N) is 3. The zero-order chi connectivity index (χ0) is 12.7. The Morgan fingerprint density at radius 2 is 2.41 bits per heavy atom. The number of allylic oxidation sites excluding steroid dienone is 1. The lowest BCUT2D eigenvalue weighted by molar-refractivity contribution is -0.114. The molecule has 6 nitrogen and oxygen atoms in total. The fourth-order valence-electron chi connectivity index (χ4n) is 1.23. The summed E-state index contributed by atoms with van der Waals surface area (Å²) in [4.78, 5) is 19.1. The minimum atomic E-state index is -0.362. The van der Waals surface area contributed by atoms with Gasteiger partial charge in [0.15, 0.2) is 5.84 Å². The molecule has 0 spiro atoms. The highest BCUT2D eigenvalue weighted by Gasteiger charge is 2.05. The lowest BCUT2D eigenvalue weighted by Crippen LogP contribution is -2.37. The molecule has 1 amide bonds. The number of aromatic nitrogens is 2. The molecule has 1 aromatic heterocycles. The molecule has 17 heavy (non-hydrogen) atoms. The first-order valence-corrected chi connectivity index (χ1v) is 5.33. The van der Waals surface area contributed by atoms with Crippen molar-refractivity contribution in [1.29, 1.82) is 0 Å². The molecule has 0 radical (unpaired) electrons. The molecular formula is C11H17N5O. The molecule has 0 saturated heterocycles. The Labute approximate surface area is 100 Å². The minimum Gasteiger partial charge on any atom is -0.379 e. The van der Waals surface area contributed by atoms with Crippen molar-refractivity contribution in [1.82, 2.24) is 14.9 Å². The van der Waals surface area contributed by atoms with Gasteiger partial charge in [-0.1, -0.05) is 6.58 Å². The van der Waals surface area contributed by atoms with Gasteiger partial charge in [-0.15, -0.1) is 0 Å². The third kappa shape index (κ3) is 4.96. The van der Waals surface area contributed by atoms with Gasteiger partial charge in [0.2, 0.25) is 0 Å². The molecule has 0 unspecified atom stereocenters. The smallest absolute Gasteiger partial charge is 0.286 e. The quantitative estimate of drug-likeness (QED) is 0.436. The number of carbonyl (C=O) groups excluding carboxylic acids is 1. The number of nitrogens with two attached hydrogens (primary N) is 1. The second-order valence-electron chi connectivity index (χ2n) is 3.64. The molecule has 0 saturated carbocycles. The number of aryl methyl sites for hydroxylation is 1. The second kappa shape index (κ2) is 6.47. The zero-order valence-electron chi connectivity index (χ0n) is 9.89. The van der Waals surface area contributed by atoms with Crippen LogP contribution in [0.25, 0.3) is 0 Å². The van der Waals surface area contributed by atoms with E-state index in [0.717, 1.165) is 13.0 Å². The van der Waals surface area contributed by atoms with E-state index >= 15 is 0 Å². The van der Waals surface area contributed by atoms with Crippen LogP contribution in [-0.4, -0.2) is 27.8 Å². The fourth-order valence-corrected chi connectivity index (χ4v) is 1.23. The Balaban J connectivity index is 2.22. The molecule has 1 heterocycles. The highest BCUT2D eigenvalue weighted by atomic mass is 16.2. The van der Waals surface area contributed by atoms with E-state index in [-0.39, 0.29) is 11.7 Å². The van der Waals surface area contributed by atoms with Gasteiger partial charge in [-0.25, -0.2) is 9.98 Å². The SMILES string of the molecule is C=C(C)N=C(N)C(=O)NCCCn1ccnc1. The Morgan fingerprint density at radius 3 is 3.00 bits per heavy atom. The van der Waals surface area contributed by atoms with E-state index < -0.39 is 0 Å². The zero-order valence-corrected chi connectivity index (χ0v) is 9.89. The first-order chi connectivity index (χ1) is 8.09. The Bertz CT molecular complexity index is 408. The molecule has 0 aliphatic carbocycles. The lowest BCUT2D eigenvalue weighted by Gasteiger charge is -2.05. The molecule has 0 aliphatic heterocycles. The van der Waals surface area contributed by atoms with Crippen molar-refractivity contribution in [2.45, 2.75) is 19.9 Å². The maximum Gasteiger partial charge on any atom is 0.286 e. The Morgan fingerprint density at radius 1 is 1.65 bits per heavy atom. The number of aliphatic imine (C=N–C) groups is 1. The predicted molar refractivity (Wildman–Crippen MR) is 66.3 cm³/mol. The van der Waals surface area contributed by atoms with Crippen molar-refractivity contribution in [3.8, 4) is 0 Å². The van der Waals surface area contributed by atoms with Crippen molar-refractivity contribution in [3.63, 3.8) is 0 Å². The van der Waals surface area contributed by atoms with Crippen LogP contribution in [0.5, 0.6) is 0 Å². The summed E-state index contributed by atoms with van der Waals surface area (Å²) in [6, 6.07) is 0. The van der Waals surface area contributed by atoms with Crippen LogP contribution >= 0.6 is 0 Å². The Hall–Kier alpha value is -2.11. The fraction of sp³-hybridized carbons (Fsp3) is 0.364. The number of amides is 1.